The number of carbonyl (C=O) groups is 2. The van der Waals surface area contributed by atoms with E-state index in [-0.39, 0.29) is 11.9 Å². The van der Waals surface area contributed by atoms with Crippen LogP contribution < -0.4 is 10.6 Å². The smallest absolute Gasteiger partial charge is 0.315 e. The van der Waals surface area contributed by atoms with Crippen molar-refractivity contribution >= 4 is 11.9 Å². The van der Waals surface area contributed by atoms with Crippen LogP contribution >= 0.6 is 0 Å². The van der Waals surface area contributed by atoms with Crippen molar-refractivity contribution in [2.24, 2.45) is 0 Å². The summed E-state index contributed by atoms with van der Waals surface area (Å²) in [6.07, 6.45) is 4.55. The molecule has 3 amide bonds. The van der Waals surface area contributed by atoms with Crippen LogP contribution in [0, 0.1) is 0 Å². The van der Waals surface area contributed by atoms with Gasteiger partial charge in [-0.1, -0.05) is 6.92 Å². The van der Waals surface area contributed by atoms with E-state index in [0.29, 0.717) is 19.0 Å². The number of hydrogen-bond acceptors (Lipinski definition) is 3. The minimum absolute atomic E-state index is 0.0716. The van der Waals surface area contributed by atoms with E-state index in [9.17, 15) is 9.59 Å². The summed E-state index contributed by atoms with van der Waals surface area (Å²) < 4.78 is 0. The van der Waals surface area contributed by atoms with Crippen LogP contribution in [0.2, 0.25) is 0 Å². The van der Waals surface area contributed by atoms with Gasteiger partial charge < -0.3 is 20.4 Å². The number of piperidine rings is 1. The second-order valence-corrected chi connectivity index (χ2v) is 5.95. The zero-order chi connectivity index (χ0) is 15.1. The highest BCUT2D eigenvalue weighted by Gasteiger charge is 2.20. The summed E-state index contributed by atoms with van der Waals surface area (Å²) in [4.78, 5) is 27.5. The molecule has 0 bridgehead atoms. The molecule has 0 spiro atoms. The van der Waals surface area contributed by atoms with Gasteiger partial charge in [0.2, 0.25) is 5.91 Å². The summed E-state index contributed by atoms with van der Waals surface area (Å²) in [6.45, 7) is 7.66. The third-order valence-corrected chi connectivity index (χ3v) is 4.43. The number of carbonyl (C=O) groups excluding carboxylic acids is 2. The van der Waals surface area contributed by atoms with Crippen molar-refractivity contribution in [2.75, 3.05) is 39.3 Å². The predicted molar refractivity (Wildman–Crippen MR) is 82.1 cm³/mol. The molecule has 2 aliphatic heterocycles. The first kappa shape index (κ1) is 16.1. The first-order valence-corrected chi connectivity index (χ1v) is 8.23. The molecule has 0 aromatic heterocycles. The van der Waals surface area contributed by atoms with Crippen molar-refractivity contribution in [1.29, 1.82) is 0 Å². The first-order chi connectivity index (χ1) is 10.2. The topological polar surface area (TPSA) is 64.7 Å². The fraction of sp³-hybridized carbons (Fsp3) is 0.867. The Morgan fingerprint density at radius 2 is 2.05 bits per heavy atom. The van der Waals surface area contributed by atoms with E-state index in [1.54, 1.807) is 0 Å². The highest BCUT2D eigenvalue weighted by Crippen LogP contribution is 2.10. The maximum atomic E-state index is 11.8. The molecule has 0 saturated carbocycles. The van der Waals surface area contributed by atoms with Crippen LogP contribution in [0.1, 0.15) is 39.0 Å². The van der Waals surface area contributed by atoms with Gasteiger partial charge in [-0.3, -0.25) is 4.79 Å². The number of nitrogens with zero attached hydrogens (tertiary/aromatic N) is 2. The van der Waals surface area contributed by atoms with Crippen LogP contribution in [0.3, 0.4) is 0 Å². The van der Waals surface area contributed by atoms with Crippen LogP contribution in [0.4, 0.5) is 4.79 Å². The van der Waals surface area contributed by atoms with E-state index in [0.717, 1.165) is 58.4 Å². The fourth-order valence-electron chi connectivity index (χ4n) is 3.04. The Hall–Kier alpha value is -1.30. The number of urea groups is 1. The average molecular weight is 296 g/mol. The van der Waals surface area contributed by atoms with Crippen LogP contribution in [0.5, 0.6) is 0 Å². The predicted octanol–water partition coefficient (Wildman–Crippen LogP) is 0.782. The van der Waals surface area contributed by atoms with E-state index in [4.69, 9.17) is 0 Å². The van der Waals surface area contributed by atoms with Crippen molar-refractivity contribution in [2.45, 2.75) is 45.1 Å². The molecular weight excluding hydrogens is 268 g/mol. The number of hydrogen-bond donors (Lipinski definition) is 2. The van der Waals surface area contributed by atoms with E-state index in [2.05, 4.69) is 22.5 Å². The maximum absolute atomic E-state index is 11.8. The van der Waals surface area contributed by atoms with Gasteiger partial charge in [0.15, 0.2) is 0 Å². The number of likely N-dealkylation sites (tertiary alicyclic amines) is 2. The number of rotatable bonds is 6. The van der Waals surface area contributed by atoms with Gasteiger partial charge in [-0.2, -0.15) is 0 Å². The Morgan fingerprint density at radius 3 is 2.67 bits per heavy atom. The Labute approximate surface area is 127 Å². The molecule has 6 nitrogen and oxygen atoms in total. The van der Waals surface area contributed by atoms with Crippen LogP contribution in [-0.2, 0) is 4.79 Å². The molecule has 2 fully saturated rings. The van der Waals surface area contributed by atoms with Gasteiger partial charge >= 0.3 is 6.03 Å². The lowest BCUT2D eigenvalue weighted by molar-refractivity contribution is -0.127. The molecule has 0 aromatic rings. The molecule has 0 aromatic carbocycles. The minimum atomic E-state index is -0.0716. The second-order valence-electron chi connectivity index (χ2n) is 5.95. The van der Waals surface area contributed by atoms with Crippen LogP contribution in [0.25, 0.3) is 0 Å². The maximum Gasteiger partial charge on any atom is 0.315 e. The standard InChI is InChI=1S/C15H28N4O2/c1-2-18-11-6-13(7-12-18)17-15(21)16-8-4-10-19-9-3-5-14(19)20/h13H,2-12H2,1H3,(H2,16,17,21). The molecule has 120 valence electrons. The average Bonchev–Trinajstić information content (AvgIpc) is 2.90. The molecule has 2 N–H and O–H groups in total. The minimum Gasteiger partial charge on any atom is -0.343 e. The highest BCUT2D eigenvalue weighted by molar-refractivity contribution is 5.78. The number of amides is 3. The van der Waals surface area contributed by atoms with Crippen molar-refractivity contribution < 1.29 is 9.59 Å². The van der Waals surface area contributed by atoms with Crippen molar-refractivity contribution in [1.82, 2.24) is 20.4 Å². The molecule has 21 heavy (non-hydrogen) atoms. The van der Waals surface area contributed by atoms with Gasteiger partial charge in [0.1, 0.15) is 0 Å². The summed E-state index contributed by atoms with van der Waals surface area (Å²) in [7, 11) is 0. The van der Waals surface area contributed by atoms with Gasteiger partial charge in [-0.25, -0.2) is 4.79 Å². The zero-order valence-corrected chi connectivity index (χ0v) is 13.1. The Balaban J connectivity index is 1.52. The van der Waals surface area contributed by atoms with Gasteiger partial charge in [-0.05, 0) is 32.2 Å². The largest absolute Gasteiger partial charge is 0.343 e. The Morgan fingerprint density at radius 1 is 1.29 bits per heavy atom. The normalized spacial score (nSPS) is 20.8. The van der Waals surface area contributed by atoms with Crippen LogP contribution in [-0.4, -0.2) is 67.0 Å². The van der Waals surface area contributed by atoms with Crippen molar-refractivity contribution in [3.05, 3.63) is 0 Å². The van der Waals surface area contributed by atoms with E-state index >= 15 is 0 Å². The fourth-order valence-corrected chi connectivity index (χ4v) is 3.04. The monoisotopic (exact) mass is 296 g/mol. The molecule has 2 saturated heterocycles. The molecule has 2 heterocycles. The molecule has 2 rings (SSSR count). The summed E-state index contributed by atoms with van der Waals surface area (Å²) in [5.74, 6) is 0.252. The Kier molecular flexibility index (Phi) is 6.29. The van der Waals surface area contributed by atoms with Gasteiger partial charge in [0, 0.05) is 45.2 Å². The molecule has 0 atom stereocenters. The summed E-state index contributed by atoms with van der Waals surface area (Å²) in [5, 5.41) is 5.94. The molecule has 6 heteroatoms. The SMILES string of the molecule is CCN1CCC(NC(=O)NCCCN2CCCC2=O)CC1. The van der Waals surface area contributed by atoms with Crippen LogP contribution in [0.15, 0.2) is 0 Å². The van der Waals surface area contributed by atoms with Gasteiger partial charge in [0.05, 0.1) is 0 Å². The molecule has 0 aliphatic carbocycles. The lowest BCUT2D eigenvalue weighted by Gasteiger charge is -2.31. The van der Waals surface area contributed by atoms with Crippen molar-refractivity contribution in [3.63, 3.8) is 0 Å². The molecule has 0 unspecified atom stereocenters. The highest BCUT2D eigenvalue weighted by atomic mass is 16.2. The molecule has 0 radical (unpaired) electrons. The van der Waals surface area contributed by atoms with Gasteiger partial charge in [0.25, 0.3) is 0 Å². The molecule has 2 aliphatic rings. The first-order valence-electron chi connectivity index (χ1n) is 8.23. The van der Waals surface area contributed by atoms with Gasteiger partial charge in [-0.15, -0.1) is 0 Å². The second kappa shape index (κ2) is 8.22. The quantitative estimate of drug-likeness (QED) is 0.712. The summed E-state index contributed by atoms with van der Waals surface area (Å²) >= 11 is 0. The Bertz CT molecular complexity index is 354. The zero-order valence-electron chi connectivity index (χ0n) is 13.1. The third-order valence-electron chi connectivity index (χ3n) is 4.43. The number of nitrogens with one attached hydrogen (secondary N) is 2. The lowest BCUT2D eigenvalue weighted by Crippen LogP contribution is -2.48. The lowest BCUT2D eigenvalue weighted by atomic mass is 10.1. The van der Waals surface area contributed by atoms with Crippen molar-refractivity contribution in [3.8, 4) is 0 Å². The third kappa shape index (κ3) is 5.19. The van der Waals surface area contributed by atoms with E-state index in [1.165, 1.54) is 0 Å². The van der Waals surface area contributed by atoms with E-state index < -0.39 is 0 Å². The summed E-state index contributed by atoms with van der Waals surface area (Å²) in [6, 6.07) is 0.227. The van der Waals surface area contributed by atoms with E-state index in [1.807, 2.05) is 4.90 Å². The molecular formula is C15H28N4O2. The summed E-state index contributed by atoms with van der Waals surface area (Å²) in [5.41, 5.74) is 0.